The summed E-state index contributed by atoms with van der Waals surface area (Å²) in [6.07, 6.45) is 3.68. The van der Waals surface area contributed by atoms with E-state index < -0.39 is 0 Å². The molecule has 1 aliphatic heterocycles. The molecule has 0 saturated heterocycles. The smallest absolute Gasteiger partial charge is 0.415 e. The molecule has 0 aromatic heterocycles. The van der Waals surface area contributed by atoms with E-state index in [2.05, 4.69) is 27.3 Å². The molecule has 0 aromatic carbocycles. The van der Waals surface area contributed by atoms with Gasteiger partial charge in [0, 0.05) is 12.8 Å². The van der Waals surface area contributed by atoms with E-state index in [-0.39, 0.29) is 6.09 Å². The number of hydrogen-bond donors (Lipinski definition) is 0. The van der Waals surface area contributed by atoms with Crippen molar-refractivity contribution in [1.82, 2.24) is 0 Å². The van der Waals surface area contributed by atoms with Crippen LogP contribution < -0.4 is 0 Å². The number of halogens is 1. The summed E-state index contributed by atoms with van der Waals surface area (Å²) in [5.41, 5.74) is 0. The summed E-state index contributed by atoms with van der Waals surface area (Å²) in [4.78, 5) is 12.7. The lowest BCUT2D eigenvalue weighted by molar-refractivity contribution is -0.432. The van der Waals surface area contributed by atoms with Crippen molar-refractivity contribution in [3.8, 4) is 0 Å². The highest BCUT2D eigenvalue weighted by molar-refractivity contribution is 14.1. The summed E-state index contributed by atoms with van der Waals surface area (Å²) in [5.74, 6) is 0. The fourth-order valence-electron chi connectivity index (χ4n) is 0.883. The van der Waals surface area contributed by atoms with E-state index >= 15 is 0 Å². The molecule has 64 valence electrons. The summed E-state index contributed by atoms with van der Waals surface area (Å²) in [6.45, 7) is 0.812. The highest BCUT2D eigenvalue weighted by Gasteiger charge is 2.20. The van der Waals surface area contributed by atoms with Gasteiger partial charge in [-0.05, 0) is 4.93 Å². The fourth-order valence-corrected chi connectivity index (χ4v) is 0.883. The minimum atomic E-state index is -0.243. The molecular weight excluding hydrogens is 257 g/mol. The molecule has 0 saturated carbocycles. The van der Waals surface area contributed by atoms with Crippen LogP contribution in [0.15, 0.2) is 0 Å². The second-order valence-electron chi connectivity index (χ2n) is 1.99. The molecule has 1 aliphatic rings. The summed E-state index contributed by atoms with van der Waals surface area (Å²) >= 11 is 2.15. The number of carbonyl (C=O) groups is 1. The summed E-state index contributed by atoms with van der Waals surface area (Å²) < 4.78 is 6.09. The monoisotopic (exact) mass is 270 g/mol. The molecule has 0 spiro atoms. The minimum absolute atomic E-state index is 0.243. The van der Waals surface area contributed by atoms with Crippen LogP contribution in [0.25, 0.3) is 0 Å². The topological polar surface area (TPSA) is 29.3 Å². The molecule has 0 aliphatic carbocycles. The average Bonchev–Trinajstić information content (AvgIpc) is 2.59. The number of rotatable bonds is 0. The maximum atomic E-state index is 10.7. The largest absolute Gasteiger partial charge is 0.595 e. The van der Waals surface area contributed by atoms with Gasteiger partial charge >= 0.3 is 6.09 Å². The van der Waals surface area contributed by atoms with Crippen molar-refractivity contribution in [3.05, 3.63) is 0 Å². The molecule has 3 nitrogen and oxygen atoms in total. The van der Waals surface area contributed by atoms with E-state index in [1.54, 1.807) is 4.58 Å². The molecule has 4 heteroatoms. The maximum absolute atomic E-state index is 10.7. The normalized spacial score (nSPS) is 14.6. The van der Waals surface area contributed by atoms with Crippen LogP contribution in [0.1, 0.15) is 12.8 Å². The average molecular weight is 270 g/mol. The minimum Gasteiger partial charge on any atom is -0.415 e. The van der Waals surface area contributed by atoms with Crippen LogP contribution in [-0.4, -0.2) is 35.5 Å². The van der Waals surface area contributed by atoms with Crippen molar-refractivity contribution >= 4 is 34.9 Å². The van der Waals surface area contributed by atoms with Crippen LogP contribution in [0.5, 0.6) is 0 Å². The lowest BCUT2D eigenvalue weighted by Gasteiger charge is -1.89. The van der Waals surface area contributed by atoms with Crippen molar-refractivity contribution in [2.75, 3.05) is 18.6 Å². The first-order valence-electron chi connectivity index (χ1n) is 3.40. The number of methoxy groups -OCH3 is 1. The molecule has 0 bridgehead atoms. The predicted molar refractivity (Wildman–Crippen MR) is 52.8 cm³/mol. The molecule has 1 amide bonds. The van der Waals surface area contributed by atoms with Crippen molar-refractivity contribution < 1.29 is 14.1 Å². The van der Waals surface area contributed by atoms with Crippen molar-refractivity contribution in [2.45, 2.75) is 12.8 Å². The zero-order valence-electron chi connectivity index (χ0n) is 6.84. The van der Waals surface area contributed by atoms with Gasteiger partial charge in [-0.2, -0.15) is 4.79 Å². The van der Waals surface area contributed by atoms with Gasteiger partial charge in [-0.1, -0.05) is 22.6 Å². The number of nitrogens with zero attached hydrogens (tertiary/aromatic N) is 1. The highest BCUT2D eigenvalue weighted by Crippen LogP contribution is 1.97. The summed E-state index contributed by atoms with van der Waals surface area (Å²) in [5, 5.41) is 0. The Morgan fingerprint density at radius 2 is 2.27 bits per heavy atom. The number of ether oxygens (including phenoxy) is 1. The van der Waals surface area contributed by atoms with E-state index in [1.807, 2.05) is 11.1 Å². The summed E-state index contributed by atoms with van der Waals surface area (Å²) in [7, 11) is 1.40. The molecule has 1 rings (SSSR count). The third-order valence-electron chi connectivity index (χ3n) is 1.36. The van der Waals surface area contributed by atoms with Crippen LogP contribution in [0, 0.1) is 0 Å². The van der Waals surface area contributed by atoms with Crippen LogP contribution in [0.4, 0.5) is 4.79 Å². The van der Waals surface area contributed by atoms with Gasteiger partial charge in [-0.15, -0.1) is 4.58 Å². The molecular formula is C7H13INO2+. The third-order valence-corrected chi connectivity index (χ3v) is 1.36. The van der Waals surface area contributed by atoms with Gasteiger partial charge in [0.1, 0.15) is 0 Å². The Morgan fingerprint density at radius 1 is 1.64 bits per heavy atom. The molecule has 0 N–H and O–H groups in total. The third kappa shape index (κ3) is 3.69. The van der Waals surface area contributed by atoms with Crippen molar-refractivity contribution in [2.24, 2.45) is 0 Å². The van der Waals surface area contributed by atoms with Gasteiger partial charge in [0.15, 0.2) is 12.8 Å². The first-order valence-corrected chi connectivity index (χ1v) is 5.56. The molecule has 11 heavy (non-hydrogen) atoms. The highest BCUT2D eigenvalue weighted by atomic mass is 127. The number of alkyl halides is 1. The first kappa shape index (κ1) is 10.9. The Hall–Kier alpha value is -0.130. The van der Waals surface area contributed by atoms with Crippen LogP contribution >= 0.6 is 22.6 Å². The molecule has 0 aromatic rings. The zero-order valence-corrected chi connectivity index (χ0v) is 9.00. The number of amides is 1. The molecule has 0 atom stereocenters. The van der Waals surface area contributed by atoms with Gasteiger partial charge in [0.2, 0.25) is 0 Å². The second-order valence-corrected chi connectivity index (χ2v) is 1.99. The van der Waals surface area contributed by atoms with Crippen LogP contribution in [0.3, 0.4) is 0 Å². The lowest BCUT2D eigenvalue weighted by Crippen LogP contribution is -2.18. The molecule has 0 radical (unpaired) electrons. The predicted octanol–water partition coefficient (Wildman–Crippen LogP) is 1.68. The Morgan fingerprint density at radius 3 is 2.64 bits per heavy atom. The van der Waals surface area contributed by atoms with E-state index in [4.69, 9.17) is 0 Å². The Labute approximate surface area is 80.6 Å². The van der Waals surface area contributed by atoms with Crippen LogP contribution in [0.2, 0.25) is 0 Å². The number of carbonyl (C=O) groups excluding carboxylic acids is 1. The second kappa shape index (κ2) is 6.57. The van der Waals surface area contributed by atoms with E-state index in [0.29, 0.717) is 0 Å². The van der Waals surface area contributed by atoms with Gasteiger partial charge in [0.05, 0.1) is 7.11 Å². The Bertz CT molecular complexity index is 157. The molecule has 1 heterocycles. The standard InChI is InChI=1S/C6H10NO2.CH3I/c1-9-6(8)7-4-2-3-5-7;1-2/h4H,2-3,5H2,1H3;1H3/q+1;. The number of hydrogen-bond acceptors (Lipinski definition) is 2. The Kier molecular flexibility index (Phi) is 6.49. The lowest BCUT2D eigenvalue weighted by atomic mass is 10.4. The first-order chi connectivity index (χ1) is 5.34. The van der Waals surface area contributed by atoms with Gasteiger partial charge in [0.25, 0.3) is 0 Å². The molecule has 0 unspecified atom stereocenters. The van der Waals surface area contributed by atoms with E-state index in [9.17, 15) is 4.79 Å². The SMILES string of the molecule is CI.COC(=O)[N+]1=CCCC1. The van der Waals surface area contributed by atoms with Gasteiger partial charge in [-0.25, -0.2) is 0 Å². The van der Waals surface area contributed by atoms with E-state index in [0.717, 1.165) is 19.4 Å². The Balaban J connectivity index is 0.000000461. The quantitative estimate of drug-likeness (QED) is 0.381. The zero-order chi connectivity index (χ0) is 8.69. The van der Waals surface area contributed by atoms with Gasteiger partial charge < -0.3 is 4.74 Å². The maximum Gasteiger partial charge on any atom is 0.595 e. The van der Waals surface area contributed by atoms with Crippen LogP contribution in [-0.2, 0) is 4.74 Å². The fraction of sp³-hybridized carbons (Fsp3) is 0.714. The van der Waals surface area contributed by atoms with E-state index in [1.165, 1.54) is 7.11 Å². The summed E-state index contributed by atoms with van der Waals surface area (Å²) in [6, 6.07) is 0. The van der Waals surface area contributed by atoms with Gasteiger partial charge in [-0.3, -0.25) is 0 Å². The molecule has 0 fully saturated rings. The van der Waals surface area contributed by atoms with Crippen molar-refractivity contribution in [1.29, 1.82) is 0 Å². The van der Waals surface area contributed by atoms with Crippen molar-refractivity contribution in [3.63, 3.8) is 0 Å².